The molecule has 0 spiro atoms. The second-order valence-electron chi connectivity index (χ2n) is 6.66. The number of carbonyl (C=O) groups is 1. The van der Waals surface area contributed by atoms with Crippen molar-refractivity contribution >= 4 is 27.4 Å². The van der Waals surface area contributed by atoms with Crippen LogP contribution in [0.4, 0.5) is 11.5 Å². The number of anilines is 2. The molecule has 10 nitrogen and oxygen atoms in total. The number of rotatable bonds is 10. The number of carbonyl (C=O) groups excluding carboxylic acids is 1. The van der Waals surface area contributed by atoms with Crippen molar-refractivity contribution in [3.63, 3.8) is 0 Å². The summed E-state index contributed by atoms with van der Waals surface area (Å²) in [6.45, 7) is 4.70. The van der Waals surface area contributed by atoms with E-state index in [0.29, 0.717) is 42.5 Å². The van der Waals surface area contributed by atoms with Crippen LogP contribution in [0.15, 0.2) is 59.6 Å². The first-order valence-corrected chi connectivity index (χ1v) is 11.4. The van der Waals surface area contributed by atoms with E-state index in [1.54, 1.807) is 36.4 Å². The molecule has 1 radical (unpaired) electrons. The first-order valence-electron chi connectivity index (χ1n) is 9.91. The lowest BCUT2D eigenvalue weighted by Crippen LogP contribution is -2.18. The largest absolute Gasteiger partial charge is 0.491 e. The third kappa shape index (κ3) is 6.25. The molecule has 0 saturated carbocycles. The van der Waals surface area contributed by atoms with Gasteiger partial charge < -0.3 is 20.5 Å². The van der Waals surface area contributed by atoms with Gasteiger partial charge in [0.25, 0.3) is 5.91 Å². The fraction of sp³-hybridized carbons (Fsp3) is 0.182. The number of sulfonamides is 1. The maximum atomic E-state index is 12.8. The van der Waals surface area contributed by atoms with Gasteiger partial charge in [0.2, 0.25) is 10.0 Å². The van der Waals surface area contributed by atoms with Crippen molar-refractivity contribution in [3.05, 3.63) is 67.3 Å². The summed E-state index contributed by atoms with van der Waals surface area (Å²) in [7, 11) is -2.23. The maximum Gasteiger partial charge on any atom is 0.278 e. The molecular formula is C22H24N5O5S. The minimum absolute atomic E-state index is 0.0386. The Morgan fingerprint density at radius 2 is 1.91 bits per heavy atom. The van der Waals surface area contributed by atoms with Gasteiger partial charge in [0.05, 0.1) is 23.4 Å². The monoisotopic (exact) mass is 470 g/mol. The molecule has 2 aromatic carbocycles. The number of benzene rings is 2. The highest BCUT2D eigenvalue weighted by Gasteiger charge is 2.16. The molecule has 0 aliphatic carbocycles. The quantitative estimate of drug-likeness (QED) is 0.382. The van der Waals surface area contributed by atoms with Gasteiger partial charge in [0.1, 0.15) is 12.4 Å². The van der Waals surface area contributed by atoms with Gasteiger partial charge in [-0.05, 0) is 38.2 Å². The van der Waals surface area contributed by atoms with Crippen LogP contribution in [0.25, 0.3) is 11.3 Å². The Bertz CT molecular complexity index is 1220. The minimum Gasteiger partial charge on any atom is -0.491 e. The second kappa shape index (κ2) is 10.9. The first-order chi connectivity index (χ1) is 15.8. The molecule has 0 aliphatic heterocycles. The summed E-state index contributed by atoms with van der Waals surface area (Å²) in [5.74, 6) is -0.0259. The number of amides is 1. The predicted molar refractivity (Wildman–Crippen MR) is 124 cm³/mol. The zero-order chi connectivity index (χ0) is 23.8. The highest BCUT2D eigenvalue weighted by molar-refractivity contribution is 7.89. The lowest BCUT2D eigenvalue weighted by atomic mass is 10.1. The van der Waals surface area contributed by atoms with Crippen molar-refractivity contribution in [2.75, 3.05) is 37.9 Å². The molecule has 4 N–H and O–H groups in total. The Kier molecular flexibility index (Phi) is 7.93. The van der Waals surface area contributed by atoms with E-state index in [2.05, 4.69) is 26.9 Å². The molecule has 0 aliphatic rings. The minimum atomic E-state index is -3.56. The Morgan fingerprint density at radius 1 is 1.15 bits per heavy atom. The number of nitrogens with one attached hydrogen (secondary N) is 2. The van der Waals surface area contributed by atoms with Crippen LogP contribution >= 0.6 is 0 Å². The maximum absolute atomic E-state index is 12.8. The number of aromatic nitrogens is 2. The summed E-state index contributed by atoms with van der Waals surface area (Å²) in [6.07, 6.45) is 1.41. The van der Waals surface area contributed by atoms with Crippen molar-refractivity contribution in [1.82, 2.24) is 14.7 Å². The van der Waals surface area contributed by atoms with E-state index in [0.717, 1.165) is 0 Å². The van der Waals surface area contributed by atoms with Gasteiger partial charge in [0.15, 0.2) is 11.5 Å². The van der Waals surface area contributed by atoms with Crippen LogP contribution in [0.5, 0.6) is 5.75 Å². The molecule has 3 aromatic rings. The van der Waals surface area contributed by atoms with Gasteiger partial charge in [-0.1, -0.05) is 18.2 Å². The zero-order valence-electron chi connectivity index (χ0n) is 17.9. The average Bonchev–Trinajstić information content (AvgIpc) is 2.82. The van der Waals surface area contributed by atoms with Crippen LogP contribution in [0.2, 0.25) is 0 Å². The first kappa shape index (κ1) is 24.1. The van der Waals surface area contributed by atoms with Crippen molar-refractivity contribution in [2.24, 2.45) is 0 Å². The molecule has 0 saturated heterocycles. The molecule has 1 amide bonds. The predicted octanol–water partition coefficient (Wildman–Crippen LogP) is 2.12. The Labute approximate surface area is 192 Å². The number of nitrogens with two attached hydrogens (primary N) is 1. The number of nitrogen functional groups attached to an aromatic ring is 1. The smallest absolute Gasteiger partial charge is 0.278 e. The van der Waals surface area contributed by atoms with Gasteiger partial charge in [0, 0.05) is 23.9 Å². The van der Waals surface area contributed by atoms with Gasteiger partial charge in [-0.15, -0.1) is 0 Å². The lowest BCUT2D eigenvalue weighted by molar-refractivity contribution is 0.102. The van der Waals surface area contributed by atoms with E-state index in [1.165, 1.54) is 25.4 Å². The highest BCUT2D eigenvalue weighted by Crippen LogP contribution is 2.22. The van der Waals surface area contributed by atoms with E-state index < -0.39 is 15.9 Å². The molecule has 1 heterocycles. The third-order valence-corrected chi connectivity index (χ3v) is 5.91. The second-order valence-corrected chi connectivity index (χ2v) is 8.55. The summed E-state index contributed by atoms with van der Waals surface area (Å²) in [6, 6.07) is 12.9. The zero-order valence-corrected chi connectivity index (χ0v) is 18.8. The van der Waals surface area contributed by atoms with Crippen molar-refractivity contribution in [3.8, 4) is 17.0 Å². The van der Waals surface area contributed by atoms with E-state index in [4.69, 9.17) is 15.2 Å². The summed E-state index contributed by atoms with van der Waals surface area (Å²) < 4.78 is 36.7. The number of nitrogens with zero attached hydrogens (tertiary/aromatic N) is 2. The van der Waals surface area contributed by atoms with Gasteiger partial charge in [-0.3, -0.25) is 4.79 Å². The summed E-state index contributed by atoms with van der Waals surface area (Å²) >= 11 is 0. The van der Waals surface area contributed by atoms with Gasteiger partial charge in [-0.2, -0.15) is 0 Å². The van der Waals surface area contributed by atoms with Crippen LogP contribution < -0.4 is 20.5 Å². The topological polar surface area (TPSA) is 146 Å². The number of hydrogen-bond acceptors (Lipinski definition) is 8. The van der Waals surface area contributed by atoms with Crippen molar-refractivity contribution in [2.45, 2.75) is 4.90 Å². The SMILES string of the molecule is [CH2]COCCOc1cccc(NC(=O)c2nc(-c3ccc(S(=O)(=O)NC)cc3)cnc2N)c1. The highest BCUT2D eigenvalue weighted by atomic mass is 32.2. The summed E-state index contributed by atoms with van der Waals surface area (Å²) in [5, 5.41) is 2.73. The van der Waals surface area contributed by atoms with Gasteiger partial charge in [-0.25, -0.2) is 23.1 Å². The normalized spacial score (nSPS) is 11.2. The Morgan fingerprint density at radius 3 is 2.61 bits per heavy atom. The van der Waals surface area contributed by atoms with Crippen LogP contribution in [-0.2, 0) is 14.8 Å². The fourth-order valence-corrected chi connectivity index (χ4v) is 3.53. The van der Waals surface area contributed by atoms with Crippen LogP contribution in [0, 0.1) is 6.92 Å². The number of hydrogen-bond donors (Lipinski definition) is 3. The molecule has 1 aromatic heterocycles. The van der Waals surface area contributed by atoms with E-state index in [-0.39, 0.29) is 16.4 Å². The summed E-state index contributed by atoms with van der Waals surface area (Å²) in [4.78, 5) is 21.3. The molecule has 0 atom stereocenters. The molecular weight excluding hydrogens is 446 g/mol. The van der Waals surface area contributed by atoms with Crippen LogP contribution in [0.3, 0.4) is 0 Å². The third-order valence-electron chi connectivity index (χ3n) is 4.48. The molecule has 3 rings (SSSR count). The van der Waals surface area contributed by atoms with Crippen LogP contribution in [-0.4, -0.2) is 51.2 Å². The average molecular weight is 471 g/mol. The number of ether oxygens (including phenoxy) is 2. The molecule has 173 valence electrons. The Balaban J connectivity index is 1.76. The molecule has 33 heavy (non-hydrogen) atoms. The Hall–Kier alpha value is -3.54. The summed E-state index contributed by atoms with van der Waals surface area (Å²) in [5.41, 5.74) is 7.25. The standard InChI is InChI=1S/C22H24N5O5S/c1-3-31-11-12-32-17-6-4-5-16(13-17)26-22(28)20-21(23)25-14-19(27-20)15-7-9-18(10-8-15)33(29,30)24-2/h4-10,13-14,24H,1,3,11-12H2,2H3,(H2,23,25)(H,26,28). The van der Waals surface area contributed by atoms with E-state index >= 15 is 0 Å². The van der Waals surface area contributed by atoms with E-state index in [1.807, 2.05) is 0 Å². The lowest BCUT2D eigenvalue weighted by Gasteiger charge is -2.11. The van der Waals surface area contributed by atoms with Crippen molar-refractivity contribution < 1.29 is 22.7 Å². The molecule has 0 bridgehead atoms. The van der Waals surface area contributed by atoms with Crippen LogP contribution in [0.1, 0.15) is 10.5 Å². The van der Waals surface area contributed by atoms with Crippen molar-refractivity contribution in [1.29, 1.82) is 0 Å². The molecule has 0 unspecified atom stereocenters. The fourth-order valence-electron chi connectivity index (χ4n) is 2.80. The molecule has 0 fully saturated rings. The van der Waals surface area contributed by atoms with Gasteiger partial charge >= 0.3 is 0 Å². The molecule has 11 heteroatoms. The van der Waals surface area contributed by atoms with E-state index in [9.17, 15) is 13.2 Å².